The lowest BCUT2D eigenvalue weighted by Crippen LogP contribution is -2.66. The molecule has 0 saturated heterocycles. The number of aliphatic hydroxyl groups excluding tert-OH is 1. The molecule has 0 aromatic carbocycles. The molecule has 8 nitrogen and oxygen atoms in total. The predicted molar refractivity (Wildman–Crippen MR) is 167 cm³/mol. The molecule has 0 radical (unpaired) electrons. The first-order valence-electron chi connectivity index (χ1n) is 15.8. The van der Waals surface area contributed by atoms with E-state index in [1.165, 1.54) is 32.3 Å². The van der Waals surface area contributed by atoms with Gasteiger partial charge in [0.1, 0.15) is 11.7 Å². The summed E-state index contributed by atoms with van der Waals surface area (Å²) in [7, 11) is 0. The zero-order valence-electron chi connectivity index (χ0n) is 26.8. The highest BCUT2D eigenvalue weighted by Crippen LogP contribution is 2.77. The molecule has 2 saturated carbocycles. The van der Waals surface area contributed by atoms with Crippen LogP contribution in [0.3, 0.4) is 0 Å². The van der Waals surface area contributed by atoms with Crippen molar-refractivity contribution in [2.24, 2.45) is 29.1 Å². The Kier molecular flexibility index (Phi) is 9.79. The number of unbranched alkanes of at least 4 members (excludes halogenated alkanes) is 3. The predicted octanol–water partition coefficient (Wildman–Crippen LogP) is 4.86. The summed E-state index contributed by atoms with van der Waals surface area (Å²) in [6.07, 6.45) is 21.0. The van der Waals surface area contributed by atoms with Gasteiger partial charge in [-0.3, -0.25) is 9.59 Å². The third-order valence-electron chi connectivity index (χ3n) is 10.4. The van der Waals surface area contributed by atoms with Gasteiger partial charge in [0.2, 0.25) is 0 Å². The molecule has 0 aromatic heterocycles. The maximum Gasteiger partial charge on any atom is 0.331 e. The minimum Gasteiger partial charge on any atom is -0.455 e. The van der Waals surface area contributed by atoms with Crippen LogP contribution in [0.15, 0.2) is 71.9 Å². The molecule has 4 aliphatic rings. The first-order chi connectivity index (χ1) is 20.7. The Morgan fingerprint density at radius 2 is 1.70 bits per heavy atom. The monoisotopic (exact) mass is 608 g/mol. The fourth-order valence-electron chi connectivity index (χ4n) is 8.30. The average Bonchev–Trinajstić information content (AvgIpc) is 3.38. The van der Waals surface area contributed by atoms with E-state index < -0.39 is 76.3 Å². The number of ketones is 1. The number of fused-ring (bicyclic) bond motifs is 5. The summed E-state index contributed by atoms with van der Waals surface area (Å²) >= 11 is 0. The summed E-state index contributed by atoms with van der Waals surface area (Å²) in [5.41, 5.74) is -4.98. The Hall–Kier alpha value is -3.07. The molecule has 44 heavy (non-hydrogen) atoms. The van der Waals surface area contributed by atoms with Gasteiger partial charge in [0.15, 0.2) is 11.4 Å². The summed E-state index contributed by atoms with van der Waals surface area (Å²) in [6.45, 7) is 10.2. The third-order valence-corrected chi connectivity index (χ3v) is 10.4. The number of esters is 2. The number of hydrogen-bond donors (Lipinski definition) is 3. The van der Waals surface area contributed by atoms with Crippen molar-refractivity contribution in [3.63, 3.8) is 0 Å². The lowest BCUT2D eigenvalue weighted by molar-refractivity contribution is -0.226. The highest BCUT2D eigenvalue weighted by molar-refractivity contribution is 6.04. The van der Waals surface area contributed by atoms with Crippen LogP contribution in [0, 0.1) is 29.1 Å². The van der Waals surface area contributed by atoms with Gasteiger partial charge in [-0.05, 0) is 30.9 Å². The van der Waals surface area contributed by atoms with Gasteiger partial charge in [-0.15, -0.1) is 0 Å². The molecule has 8 heteroatoms. The number of rotatable bonds is 11. The second-order valence-electron chi connectivity index (χ2n) is 13.4. The zero-order chi connectivity index (χ0) is 32.5. The number of hydrogen-bond acceptors (Lipinski definition) is 8. The number of carbonyl (C=O) groups excluding carboxylic acids is 3. The van der Waals surface area contributed by atoms with Crippen LogP contribution in [0.2, 0.25) is 0 Å². The van der Waals surface area contributed by atoms with Crippen molar-refractivity contribution in [3.05, 3.63) is 71.9 Å². The largest absolute Gasteiger partial charge is 0.455 e. The average molecular weight is 609 g/mol. The lowest BCUT2D eigenvalue weighted by atomic mass is 9.59. The summed E-state index contributed by atoms with van der Waals surface area (Å²) in [6, 6.07) is 0. The zero-order valence-corrected chi connectivity index (χ0v) is 26.8. The molecule has 0 aliphatic heterocycles. The smallest absolute Gasteiger partial charge is 0.331 e. The van der Waals surface area contributed by atoms with Crippen LogP contribution >= 0.6 is 0 Å². The minimum absolute atomic E-state index is 0.136. The van der Waals surface area contributed by atoms with Crippen LogP contribution in [0.1, 0.15) is 73.6 Å². The number of carbonyl (C=O) groups is 3. The summed E-state index contributed by atoms with van der Waals surface area (Å²) in [5.74, 6) is -4.84. The number of Topliss-reactive ketones (excluding diaryl/α,β-unsaturated/α-hetero) is 1. The van der Waals surface area contributed by atoms with Gasteiger partial charge in [-0.25, -0.2) is 4.79 Å². The van der Waals surface area contributed by atoms with Gasteiger partial charge in [-0.2, -0.15) is 0 Å². The Bertz CT molecular complexity index is 1330. The van der Waals surface area contributed by atoms with E-state index in [-0.39, 0.29) is 6.42 Å². The van der Waals surface area contributed by atoms with Crippen molar-refractivity contribution in [2.75, 3.05) is 6.61 Å². The van der Waals surface area contributed by atoms with Gasteiger partial charge in [0, 0.05) is 48.5 Å². The summed E-state index contributed by atoms with van der Waals surface area (Å²) in [5, 5.41) is 34.7. The van der Waals surface area contributed by atoms with Crippen molar-refractivity contribution >= 4 is 17.7 Å². The van der Waals surface area contributed by atoms with Crippen LogP contribution in [-0.2, 0) is 23.9 Å². The lowest BCUT2D eigenvalue weighted by Gasteiger charge is -2.53. The van der Waals surface area contributed by atoms with Gasteiger partial charge in [0.25, 0.3) is 0 Å². The molecule has 240 valence electrons. The van der Waals surface area contributed by atoms with Gasteiger partial charge in [-0.1, -0.05) is 95.2 Å². The van der Waals surface area contributed by atoms with E-state index in [2.05, 4.69) is 13.0 Å². The number of aliphatic hydroxyl groups is 3. The molecular weight excluding hydrogens is 560 g/mol. The van der Waals surface area contributed by atoms with Crippen molar-refractivity contribution in [1.82, 2.24) is 0 Å². The Balaban J connectivity index is 1.63. The highest BCUT2D eigenvalue weighted by atomic mass is 16.6. The Morgan fingerprint density at radius 3 is 2.34 bits per heavy atom. The van der Waals surface area contributed by atoms with E-state index in [0.29, 0.717) is 11.1 Å². The molecule has 0 amide bonds. The molecule has 0 bridgehead atoms. The van der Waals surface area contributed by atoms with Crippen LogP contribution < -0.4 is 0 Å². The van der Waals surface area contributed by atoms with Crippen molar-refractivity contribution < 1.29 is 39.2 Å². The molecule has 2 fully saturated rings. The minimum atomic E-state index is -1.96. The van der Waals surface area contributed by atoms with Gasteiger partial charge < -0.3 is 24.8 Å². The van der Waals surface area contributed by atoms with Crippen molar-refractivity contribution in [1.29, 1.82) is 0 Å². The first-order valence-corrected chi connectivity index (χ1v) is 15.8. The normalized spacial score (nSPS) is 37.5. The van der Waals surface area contributed by atoms with Crippen LogP contribution in [0.5, 0.6) is 0 Å². The third kappa shape index (κ3) is 5.50. The highest BCUT2D eigenvalue weighted by Gasteiger charge is 2.87. The maximum atomic E-state index is 13.3. The van der Waals surface area contributed by atoms with Gasteiger partial charge >= 0.3 is 11.9 Å². The quantitative estimate of drug-likeness (QED) is 0.0997. The summed E-state index contributed by atoms with van der Waals surface area (Å²) in [4.78, 5) is 38.9. The van der Waals surface area contributed by atoms with E-state index in [1.54, 1.807) is 44.2 Å². The standard InChI is InChI=1S/C36H48O8/c1-7-8-9-10-11-12-13-14-15-16-17-18-29(39)43-32-24(3)35(42)27(30-33(5,6)36(30,32)44-25(4)38)20-26(22-37)21-34(41)28(35)19-23(2)31(34)40/h11-20,24,27-28,30,32,37,41-42H,7-10,21-22H2,1-6H3/t24-,27+,28+,30+,32-,34-,35-,36-/m1/s1. The maximum absolute atomic E-state index is 13.3. The number of ether oxygens (including phenoxy) is 2. The van der Waals surface area contributed by atoms with E-state index in [0.717, 1.165) is 6.42 Å². The molecule has 8 atom stereocenters. The molecule has 4 rings (SSSR count). The van der Waals surface area contributed by atoms with Crippen LogP contribution in [0.4, 0.5) is 0 Å². The van der Waals surface area contributed by atoms with Gasteiger partial charge in [0.05, 0.1) is 12.2 Å². The van der Waals surface area contributed by atoms with Crippen LogP contribution in [0.25, 0.3) is 0 Å². The molecule has 0 aromatic rings. The van der Waals surface area contributed by atoms with Crippen molar-refractivity contribution in [2.45, 2.75) is 96.6 Å². The van der Waals surface area contributed by atoms with E-state index in [4.69, 9.17) is 9.47 Å². The Morgan fingerprint density at radius 1 is 1.05 bits per heavy atom. The second-order valence-corrected chi connectivity index (χ2v) is 13.4. The molecule has 4 aliphatic carbocycles. The summed E-state index contributed by atoms with van der Waals surface area (Å²) < 4.78 is 12.1. The van der Waals surface area contributed by atoms with E-state index in [1.807, 2.05) is 32.1 Å². The first kappa shape index (κ1) is 33.8. The molecule has 0 unspecified atom stereocenters. The molecular formula is C36H48O8. The SMILES string of the molecule is CCCCCC=CC=CC=CC=CC(=O)O[C@@H]1[C@@H](C)[C@]2(O)[C@H]3C=C(C)C(=O)[C@@]3(O)CC(CO)=C[C@H]2[C@H]2C(C)(C)[C@]12OC(C)=O. The van der Waals surface area contributed by atoms with Crippen LogP contribution in [-0.4, -0.2) is 62.6 Å². The number of allylic oxidation sites excluding steroid dienone is 7. The van der Waals surface area contributed by atoms with Crippen molar-refractivity contribution in [3.8, 4) is 0 Å². The van der Waals surface area contributed by atoms with E-state index >= 15 is 0 Å². The molecule has 0 spiro atoms. The molecule has 0 heterocycles. The topological polar surface area (TPSA) is 130 Å². The Labute approximate surface area is 260 Å². The fourth-order valence-corrected chi connectivity index (χ4v) is 8.30. The molecule has 3 N–H and O–H groups in total. The fraction of sp³-hybridized carbons (Fsp3) is 0.583. The second kappa shape index (κ2) is 12.7. The van der Waals surface area contributed by atoms with E-state index in [9.17, 15) is 29.7 Å².